The van der Waals surface area contributed by atoms with E-state index in [9.17, 15) is 9.59 Å². The predicted molar refractivity (Wildman–Crippen MR) is 76.2 cm³/mol. The van der Waals surface area contributed by atoms with Gasteiger partial charge in [-0.25, -0.2) is 4.79 Å². The minimum absolute atomic E-state index is 0.0609. The highest BCUT2D eigenvalue weighted by Gasteiger charge is 2.08. The third kappa shape index (κ3) is 5.37. The molecule has 1 rings (SSSR count). The highest BCUT2D eigenvalue weighted by atomic mass is 16.5. The van der Waals surface area contributed by atoms with E-state index in [-0.39, 0.29) is 18.1 Å². The van der Waals surface area contributed by atoms with E-state index >= 15 is 0 Å². The molecule has 1 aromatic rings. The van der Waals surface area contributed by atoms with E-state index in [4.69, 9.17) is 10.00 Å². The second kappa shape index (κ2) is 8.38. The van der Waals surface area contributed by atoms with E-state index in [0.717, 1.165) is 0 Å². The number of carbonyl (C=O) groups is 2. The van der Waals surface area contributed by atoms with Gasteiger partial charge < -0.3 is 14.8 Å². The van der Waals surface area contributed by atoms with Gasteiger partial charge in [-0.3, -0.25) is 4.79 Å². The van der Waals surface area contributed by atoms with E-state index in [1.54, 1.807) is 30.3 Å². The molecule has 21 heavy (non-hydrogen) atoms. The van der Waals surface area contributed by atoms with Crippen molar-refractivity contribution in [2.45, 2.75) is 6.92 Å². The van der Waals surface area contributed by atoms with Crippen LogP contribution in [0.3, 0.4) is 0 Å². The molecule has 110 valence electrons. The minimum atomic E-state index is -0.686. The number of hydrogen-bond donors (Lipinski definition) is 1. The summed E-state index contributed by atoms with van der Waals surface area (Å²) in [6.07, 6.45) is 1.42. The number of esters is 1. The van der Waals surface area contributed by atoms with Gasteiger partial charge in [0.1, 0.15) is 17.4 Å². The third-order valence-corrected chi connectivity index (χ3v) is 2.46. The molecule has 0 radical (unpaired) electrons. The highest BCUT2D eigenvalue weighted by Crippen LogP contribution is 2.14. The molecule has 0 fully saturated rings. The average molecular weight is 288 g/mol. The van der Waals surface area contributed by atoms with Crippen molar-refractivity contribution in [2.75, 3.05) is 20.3 Å². The van der Waals surface area contributed by atoms with Crippen LogP contribution in [-0.4, -0.2) is 32.1 Å². The van der Waals surface area contributed by atoms with Crippen molar-refractivity contribution in [3.8, 4) is 11.8 Å². The zero-order valence-electron chi connectivity index (χ0n) is 11.9. The Hall–Kier alpha value is -2.81. The minimum Gasteiger partial charge on any atom is -0.484 e. The highest BCUT2D eigenvalue weighted by molar-refractivity contribution is 5.97. The summed E-state index contributed by atoms with van der Waals surface area (Å²) in [5, 5.41) is 11.5. The maximum absolute atomic E-state index is 11.3. The number of nitrogens with zero attached hydrogens (tertiary/aromatic N) is 1. The summed E-state index contributed by atoms with van der Waals surface area (Å²) in [4.78, 5) is 22.5. The summed E-state index contributed by atoms with van der Waals surface area (Å²) in [6, 6.07) is 8.42. The summed E-state index contributed by atoms with van der Waals surface area (Å²) in [6.45, 7) is 2.32. The van der Waals surface area contributed by atoms with Crippen molar-refractivity contribution in [3.63, 3.8) is 0 Å². The number of ether oxygens (including phenoxy) is 2. The zero-order valence-corrected chi connectivity index (χ0v) is 11.9. The van der Waals surface area contributed by atoms with Gasteiger partial charge in [0.25, 0.3) is 5.91 Å². The van der Waals surface area contributed by atoms with Crippen molar-refractivity contribution in [2.24, 2.45) is 0 Å². The topological polar surface area (TPSA) is 88.4 Å². The third-order valence-electron chi connectivity index (χ3n) is 2.46. The van der Waals surface area contributed by atoms with E-state index < -0.39 is 5.97 Å². The Kier molecular flexibility index (Phi) is 6.48. The molecule has 1 N–H and O–H groups in total. The standard InChI is InChI=1S/C15H16N2O4/c1-3-17-14(18)10-21-13-6-4-11(5-7-13)8-12(9-16)15(19)20-2/h4-8H,3,10H2,1-2H3,(H,17,18). The molecule has 0 aliphatic heterocycles. The van der Waals surface area contributed by atoms with Crippen LogP contribution in [0.5, 0.6) is 5.75 Å². The van der Waals surface area contributed by atoms with Crippen LogP contribution in [0.25, 0.3) is 6.08 Å². The number of rotatable bonds is 6. The van der Waals surface area contributed by atoms with E-state index in [2.05, 4.69) is 10.1 Å². The largest absolute Gasteiger partial charge is 0.484 e. The number of nitrogens with one attached hydrogen (secondary N) is 1. The smallest absolute Gasteiger partial charge is 0.348 e. The Labute approximate surface area is 123 Å². The van der Waals surface area contributed by atoms with Gasteiger partial charge in [-0.1, -0.05) is 12.1 Å². The maximum Gasteiger partial charge on any atom is 0.348 e. The molecule has 0 unspecified atom stereocenters. The Morgan fingerprint density at radius 3 is 2.52 bits per heavy atom. The number of benzene rings is 1. The molecule has 1 aromatic carbocycles. The molecule has 0 aliphatic carbocycles. The molecule has 1 amide bonds. The second-order valence-corrected chi connectivity index (χ2v) is 3.97. The van der Waals surface area contributed by atoms with Crippen LogP contribution in [0.2, 0.25) is 0 Å². The molecule has 6 nitrogen and oxygen atoms in total. The number of methoxy groups -OCH3 is 1. The van der Waals surface area contributed by atoms with Crippen LogP contribution in [-0.2, 0) is 14.3 Å². The fraction of sp³-hybridized carbons (Fsp3) is 0.267. The van der Waals surface area contributed by atoms with Gasteiger partial charge >= 0.3 is 5.97 Å². The SMILES string of the molecule is CCNC(=O)COc1ccc(C=C(C#N)C(=O)OC)cc1. The lowest BCUT2D eigenvalue weighted by molar-refractivity contribution is -0.135. The van der Waals surface area contributed by atoms with E-state index in [1.165, 1.54) is 13.2 Å². The molecule has 0 spiro atoms. The number of hydrogen-bond acceptors (Lipinski definition) is 5. The monoisotopic (exact) mass is 288 g/mol. The first-order valence-electron chi connectivity index (χ1n) is 6.30. The van der Waals surface area contributed by atoms with Crippen LogP contribution in [0, 0.1) is 11.3 Å². The fourth-order valence-corrected chi connectivity index (χ4v) is 1.47. The lowest BCUT2D eigenvalue weighted by Gasteiger charge is -2.06. The number of nitriles is 1. The first-order chi connectivity index (χ1) is 10.1. The Balaban J connectivity index is 2.70. The summed E-state index contributed by atoms with van der Waals surface area (Å²) in [7, 11) is 1.21. The molecule has 6 heteroatoms. The average Bonchev–Trinajstić information content (AvgIpc) is 2.51. The fourth-order valence-electron chi connectivity index (χ4n) is 1.47. The van der Waals surface area contributed by atoms with E-state index in [1.807, 2.05) is 6.92 Å². The molecule has 0 saturated heterocycles. The van der Waals surface area contributed by atoms with Crippen molar-refractivity contribution in [1.82, 2.24) is 5.32 Å². The second-order valence-electron chi connectivity index (χ2n) is 3.97. The molecule has 0 bridgehead atoms. The lowest BCUT2D eigenvalue weighted by Crippen LogP contribution is -2.28. The van der Waals surface area contributed by atoms with Gasteiger partial charge in [-0.05, 0) is 30.7 Å². The molecule has 0 saturated carbocycles. The molecule has 0 heterocycles. The van der Waals surface area contributed by atoms with Gasteiger partial charge in [0.05, 0.1) is 7.11 Å². The number of likely N-dealkylation sites (N-methyl/N-ethyl adjacent to an activating group) is 1. The van der Waals surface area contributed by atoms with Gasteiger partial charge in [-0.2, -0.15) is 5.26 Å². The van der Waals surface area contributed by atoms with Crippen LogP contribution < -0.4 is 10.1 Å². The van der Waals surface area contributed by atoms with Crippen LogP contribution in [0.1, 0.15) is 12.5 Å². The first kappa shape index (κ1) is 16.2. The summed E-state index contributed by atoms with van der Waals surface area (Å²) >= 11 is 0. The van der Waals surface area contributed by atoms with Gasteiger partial charge in [0.15, 0.2) is 6.61 Å². The van der Waals surface area contributed by atoms with Crippen molar-refractivity contribution in [3.05, 3.63) is 35.4 Å². The lowest BCUT2D eigenvalue weighted by atomic mass is 10.1. The quantitative estimate of drug-likeness (QED) is 0.484. The van der Waals surface area contributed by atoms with Crippen molar-refractivity contribution >= 4 is 18.0 Å². The Morgan fingerprint density at radius 1 is 1.33 bits per heavy atom. The van der Waals surface area contributed by atoms with Crippen LogP contribution in [0.4, 0.5) is 0 Å². The normalized spacial score (nSPS) is 10.4. The summed E-state index contributed by atoms with van der Waals surface area (Å²) in [5.41, 5.74) is 0.566. The van der Waals surface area contributed by atoms with Gasteiger partial charge in [0.2, 0.25) is 0 Å². The van der Waals surface area contributed by atoms with Crippen LogP contribution >= 0.6 is 0 Å². The Morgan fingerprint density at radius 2 is 2.00 bits per heavy atom. The first-order valence-corrected chi connectivity index (χ1v) is 6.30. The van der Waals surface area contributed by atoms with Crippen LogP contribution in [0.15, 0.2) is 29.8 Å². The van der Waals surface area contributed by atoms with Gasteiger partial charge in [0, 0.05) is 6.54 Å². The molecular weight excluding hydrogens is 272 g/mol. The molecule has 0 aliphatic rings. The molecule has 0 aromatic heterocycles. The maximum atomic E-state index is 11.3. The van der Waals surface area contributed by atoms with Crippen molar-refractivity contribution in [1.29, 1.82) is 5.26 Å². The van der Waals surface area contributed by atoms with Crippen molar-refractivity contribution < 1.29 is 19.1 Å². The zero-order chi connectivity index (χ0) is 15.7. The van der Waals surface area contributed by atoms with Gasteiger partial charge in [-0.15, -0.1) is 0 Å². The molecular formula is C15H16N2O4. The number of amides is 1. The predicted octanol–water partition coefficient (Wildman–Crippen LogP) is 1.28. The number of carbonyl (C=O) groups excluding carboxylic acids is 2. The molecule has 0 atom stereocenters. The summed E-state index contributed by atoms with van der Waals surface area (Å²) < 4.78 is 9.77. The van der Waals surface area contributed by atoms with E-state index in [0.29, 0.717) is 17.9 Å². The summed E-state index contributed by atoms with van der Waals surface area (Å²) in [5.74, 6) is -0.358. The Bertz CT molecular complexity index is 570.